The monoisotopic (exact) mass is 298 g/mol. The average molecular weight is 299 g/mol. The fraction of sp³-hybridized carbons (Fsp3) is 0. The largest absolute Gasteiger partial charge is 0.340 e. The highest BCUT2D eigenvalue weighted by Crippen LogP contribution is 2.09. The van der Waals surface area contributed by atoms with E-state index in [2.05, 4.69) is 0 Å². The number of halogens is 1. The van der Waals surface area contributed by atoms with Crippen LogP contribution in [-0.2, 0) is 0 Å². The molecule has 4 nitrogen and oxygen atoms in total. The molecule has 1 heterocycles. The van der Waals surface area contributed by atoms with Crippen molar-refractivity contribution in [3.63, 3.8) is 0 Å². The van der Waals surface area contributed by atoms with Crippen molar-refractivity contribution in [2.24, 2.45) is 0 Å². The Balaban J connectivity index is 2.35. The predicted octanol–water partition coefficient (Wildman–Crippen LogP) is 2.64. The van der Waals surface area contributed by atoms with Crippen molar-refractivity contribution in [1.29, 1.82) is 0 Å². The maximum atomic E-state index is 12.6. The van der Waals surface area contributed by atoms with Crippen LogP contribution in [-0.4, -0.2) is 9.13 Å². The van der Waals surface area contributed by atoms with Gasteiger partial charge < -0.3 is 0 Å². The Bertz CT molecular complexity index is 884. The van der Waals surface area contributed by atoms with Gasteiger partial charge in [-0.1, -0.05) is 48.0 Å². The highest BCUT2D eigenvalue weighted by atomic mass is 35.5. The number of para-hydroxylation sites is 2. The van der Waals surface area contributed by atoms with Crippen LogP contribution in [0.1, 0.15) is 0 Å². The molecule has 104 valence electrons. The van der Waals surface area contributed by atoms with Gasteiger partial charge in [-0.05, 0) is 24.3 Å². The van der Waals surface area contributed by atoms with Crippen molar-refractivity contribution < 1.29 is 0 Å². The smallest absolute Gasteiger partial charge is 0.267 e. The summed E-state index contributed by atoms with van der Waals surface area (Å²) in [6.45, 7) is 0. The molecule has 0 aliphatic rings. The summed E-state index contributed by atoms with van der Waals surface area (Å²) in [7, 11) is 0. The molecular formula is C16H11ClN2O2. The first-order chi connectivity index (χ1) is 10.2. The van der Waals surface area contributed by atoms with E-state index >= 15 is 0 Å². The van der Waals surface area contributed by atoms with Crippen LogP contribution in [0.25, 0.3) is 11.4 Å². The summed E-state index contributed by atoms with van der Waals surface area (Å²) in [6, 6.07) is 17.7. The summed E-state index contributed by atoms with van der Waals surface area (Å²) in [4.78, 5) is 24.8. The van der Waals surface area contributed by atoms with E-state index in [1.165, 1.54) is 10.8 Å². The number of hydrogen-bond donors (Lipinski definition) is 0. The number of hydrogen-bond acceptors (Lipinski definition) is 2. The number of nitrogens with zero attached hydrogens (tertiary/aromatic N) is 2. The minimum atomic E-state index is -0.528. The first-order valence-corrected chi connectivity index (χ1v) is 6.71. The minimum absolute atomic E-state index is 0.0118. The van der Waals surface area contributed by atoms with Crippen LogP contribution in [0.5, 0.6) is 0 Å². The standard InChI is InChI=1S/C16H11ClN2O2/c17-14-11-18(12-7-3-1-4-8-12)16(21)19(15(14)20)13-9-5-2-6-10-13/h1-11H. The second-order valence-corrected chi connectivity index (χ2v) is 4.85. The molecule has 0 atom stereocenters. The molecule has 3 aromatic rings. The third-order valence-electron chi connectivity index (χ3n) is 3.10. The van der Waals surface area contributed by atoms with Gasteiger partial charge in [0.2, 0.25) is 0 Å². The van der Waals surface area contributed by atoms with Gasteiger partial charge in [-0.2, -0.15) is 0 Å². The lowest BCUT2D eigenvalue weighted by Crippen LogP contribution is -2.38. The third-order valence-corrected chi connectivity index (χ3v) is 3.36. The molecule has 0 radical (unpaired) electrons. The third kappa shape index (κ3) is 2.41. The van der Waals surface area contributed by atoms with Gasteiger partial charge in [0, 0.05) is 6.20 Å². The molecule has 0 amide bonds. The van der Waals surface area contributed by atoms with Crippen LogP contribution in [0.3, 0.4) is 0 Å². The molecule has 0 saturated carbocycles. The van der Waals surface area contributed by atoms with Crippen molar-refractivity contribution in [2.75, 3.05) is 0 Å². The topological polar surface area (TPSA) is 44.0 Å². The summed E-state index contributed by atoms with van der Waals surface area (Å²) in [6.07, 6.45) is 1.35. The second kappa shape index (κ2) is 5.42. The Kier molecular flexibility index (Phi) is 3.46. The molecule has 0 spiro atoms. The van der Waals surface area contributed by atoms with Crippen LogP contribution in [0, 0.1) is 0 Å². The predicted molar refractivity (Wildman–Crippen MR) is 82.6 cm³/mol. The maximum absolute atomic E-state index is 12.6. The molecule has 2 aromatic carbocycles. The van der Waals surface area contributed by atoms with Gasteiger partial charge in [-0.15, -0.1) is 0 Å². The van der Waals surface area contributed by atoms with Gasteiger partial charge in [0.1, 0.15) is 5.02 Å². The fourth-order valence-electron chi connectivity index (χ4n) is 2.10. The van der Waals surface area contributed by atoms with Gasteiger partial charge in [-0.25, -0.2) is 9.36 Å². The fourth-order valence-corrected chi connectivity index (χ4v) is 2.29. The molecule has 1 aromatic heterocycles. The Morgan fingerprint density at radius 3 is 1.86 bits per heavy atom. The summed E-state index contributed by atoms with van der Waals surface area (Å²) < 4.78 is 2.42. The zero-order valence-corrected chi connectivity index (χ0v) is 11.7. The van der Waals surface area contributed by atoms with Crippen LogP contribution >= 0.6 is 11.6 Å². The number of benzene rings is 2. The summed E-state index contributed by atoms with van der Waals surface area (Å²) >= 11 is 6.00. The molecule has 0 N–H and O–H groups in total. The Hall–Kier alpha value is -2.59. The van der Waals surface area contributed by atoms with Crippen molar-refractivity contribution in [3.8, 4) is 11.4 Å². The molecule has 0 aliphatic heterocycles. The van der Waals surface area contributed by atoms with Crippen molar-refractivity contribution in [1.82, 2.24) is 9.13 Å². The Labute approximate surface area is 125 Å². The Morgan fingerprint density at radius 2 is 1.29 bits per heavy atom. The van der Waals surface area contributed by atoms with Crippen molar-refractivity contribution >= 4 is 11.6 Å². The van der Waals surface area contributed by atoms with Gasteiger partial charge in [0.05, 0.1) is 11.4 Å². The molecule has 0 aliphatic carbocycles. The maximum Gasteiger partial charge on any atom is 0.340 e. The molecule has 0 unspecified atom stereocenters. The highest BCUT2D eigenvalue weighted by molar-refractivity contribution is 6.30. The van der Waals surface area contributed by atoms with E-state index in [4.69, 9.17) is 11.6 Å². The number of rotatable bonds is 2. The van der Waals surface area contributed by atoms with Crippen LogP contribution in [0.15, 0.2) is 76.4 Å². The lowest BCUT2D eigenvalue weighted by atomic mass is 10.3. The second-order valence-electron chi connectivity index (χ2n) is 4.44. The van der Waals surface area contributed by atoms with Crippen LogP contribution in [0.2, 0.25) is 5.02 Å². The molecule has 5 heteroatoms. The van der Waals surface area contributed by atoms with Gasteiger partial charge in [0.25, 0.3) is 5.56 Å². The van der Waals surface area contributed by atoms with Crippen LogP contribution in [0.4, 0.5) is 0 Å². The summed E-state index contributed by atoms with van der Waals surface area (Å²) in [5, 5.41) is -0.0118. The van der Waals surface area contributed by atoms with E-state index in [0.717, 1.165) is 4.57 Å². The van der Waals surface area contributed by atoms with Crippen LogP contribution < -0.4 is 11.2 Å². The van der Waals surface area contributed by atoms with Gasteiger partial charge in [0.15, 0.2) is 0 Å². The van der Waals surface area contributed by atoms with E-state index in [-0.39, 0.29) is 5.02 Å². The molecule has 0 bridgehead atoms. The zero-order valence-electron chi connectivity index (χ0n) is 10.9. The SMILES string of the molecule is O=c1c(Cl)cn(-c2ccccc2)c(=O)n1-c1ccccc1. The van der Waals surface area contributed by atoms with E-state index in [1.807, 2.05) is 24.3 Å². The van der Waals surface area contributed by atoms with Gasteiger partial charge in [-0.3, -0.25) is 9.36 Å². The first-order valence-electron chi connectivity index (χ1n) is 6.33. The summed E-state index contributed by atoms with van der Waals surface area (Å²) in [5.41, 5.74) is 0.149. The van der Waals surface area contributed by atoms with Crippen molar-refractivity contribution in [2.45, 2.75) is 0 Å². The lowest BCUT2D eigenvalue weighted by Gasteiger charge is -2.11. The normalized spacial score (nSPS) is 10.5. The summed E-state index contributed by atoms with van der Waals surface area (Å²) in [5.74, 6) is 0. The lowest BCUT2D eigenvalue weighted by molar-refractivity contribution is 0.802. The van der Waals surface area contributed by atoms with E-state index < -0.39 is 11.2 Å². The first kappa shape index (κ1) is 13.4. The quantitative estimate of drug-likeness (QED) is 0.730. The molecule has 0 saturated heterocycles. The molecule has 0 fully saturated rings. The minimum Gasteiger partial charge on any atom is -0.267 e. The number of aromatic nitrogens is 2. The zero-order chi connectivity index (χ0) is 14.8. The van der Waals surface area contributed by atoms with E-state index in [1.54, 1.807) is 36.4 Å². The highest BCUT2D eigenvalue weighted by Gasteiger charge is 2.12. The van der Waals surface area contributed by atoms with E-state index in [0.29, 0.717) is 11.4 Å². The average Bonchev–Trinajstić information content (AvgIpc) is 2.53. The Morgan fingerprint density at radius 1 is 0.762 bits per heavy atom. The molecule has 3 rings (SSSR count). The van der Waals surface area contributed by atoms with Gasteiger partial charge >= 0.3 is 5.69 Å². The molecular weight excluding hydrogens is 288 g/mol. The molecule has 21 heavy (non-hydrogen) atoms. The van der Waals surface area contributed by atoms with E-state index in [9.17, 15) is 9.59 Å². The van der Waals surface area contributed by atoms with Crippen molar-refractivity contribution in [3.05, 3.63) is 92.7 Å².